The summed E-state index contributed by atoms with van der Waals surface area (Å²) in [7, 11) is 0. The van der Waals surface area contributed by atoms with Crippen LogP contribution in [-0.4, -0.2) is 43.8 Å². The fourth-order valence-corrected chi connectivity index (χ4v) is 5.53. The maximum absolute atomic E-state index is 13.9. The van der Waals surface area contributed by atoms with Crippen LogP contribution in [0.3, 0.4) is 0 Å². The normalized spacial score (nSPS) is 16.0. The van der Waals surface area contributed by atoms with Crippen molar-refractivity contribution in [1.29, 1.82) is 0 Å². The molecule has 3 aromatic rings. The first kappa shape index (κ1) is 27.6. The summed E-state index contributed by atoms with van der Waals surface area (Å²) in [6.07, 6.45) is 7.88. The van der Waals surface area contributed by atoms with Crippen LogP contribution in [0.2, 0.25) is 0 Å². The van der Waals surface area contributed by atoms with Gasteiger partial charge in [0.25, 0.3) is 0 Å². The molecule has 0 saturated heterocycles. The van der Waals surface area contributed by atoms with Gasteiger partial charge in [-0.1, -0.05) is 51.3 Å². The second-order valence-corrected chi connectivity index (χ2v) is 10.9. The highest BCUT2D eigenvalue weighted by atomic mass is 16.4. The van der Waals surface area contributed by atoms with Crippen LogP contribution in [0.25, 0.3) is 10.9 Å². The molecule has 38 heavy (non-hydrogen) atoms. The van der Waals surface area contributed by atoms with E-state index in [1.165, 1.54) is 11.8 Å². The Labute approximate surface area is 222 Å². The number of aromatic amines is 1. The Hall–Kier alpha value is -3.46. The number of nitrogens with two attached hydrogens (primary N) is 1. The first-order chi connectivity index (χ1) is 18.2. The van der Waals surface area contributed by atoms with Gasteiger partial charge >= 0.3 is 5.97 Å². The van der Waals surface area contributed by atoms with Crippen molar-refractivity contribution in [3.63, 3.8) is 0 Å². The van der Waals surface area contributed by atoms with E-state index in [9.17, 15) is 19.5 Å². The number of aromatic nitrogens is 2. The van der Waals surface area contributed by atoms with Crippen molar-refractivity contribution in [3.8, 4) is 0 Å². The summed E-state index contributed by atoms with van der Waals surface area (Å²) in [5.41, 5.74) is 7.90. The average molecular weight is 523 g/mol. The Morgan fingerprint density at radius 2 is 1.89 bits per heavy atom. The van der Waals surface area contributed by atoms with E-state index >= 15 is 0 Å². The number of nitrogens with zero attached hydrogens (tertiary/aromatic N) is 2. The Morgan fingerprint density at radius 1 is 1.18 bits per heavy atom. The number of hydrogen-bond acceptors (Lipinski definition) is 6. The van der Waals surface area contributed by atoms with Crippen molar-refractivity contribution in [2.75, 3.05) is 0 Å². The van der Waals surface area contributed by atoms with Crippen molar-refractivity contribution in [2.45, 2.75) is 84.2 Å². The molecule has 0 aliphatic heterocycles. The van der Waals surface area contributed by atoms with Crippen LogP contribution < -0.4 is 5.73 Å². The zero-order valence-electron chi connectivity index (χ0n) is 22.4. The molecule has 2 atom stereocenters. The number of benzene rings is 1. The van der Waals surface area contributed by atoms with E-state index in [0.717, 1.165) is 48.6 Å². The molecule has 0 bridgehead atoms. The monoisotopic (exact) mass is 522 g/mol. The Morgan fingerprint density at radius 3 is 2.55 bits per heavy atom. The van der Waals surface area contributed by atoms with Crippen LogP contribution in [0.15, 0.2) is 34.9 Å². The lowest BCUT2D eigenvalue weighted by molar-refractivity contribution is -0.150. The number of aryl methyl sites for hydroxylation is 1. The summed E-state index contributed by atoms with van der Waals surface area (Å²) >= 11 is 0. The third kappa shape index (κ3) is 6.15. The number of para-hydroxylation sites is 1. The number of imide groups is 1. The third-order valence-electron chi connectivity index (χ3n) is 7.44. The number of carbonyl (C=O) groups excluding carboxylic acids is 2. The first-order valence-electron chi connectivity index (χ1n) is 13.5. The second kappa shape index (κ2) is 11.9. The smallest absolute Gasteiger partial charge is 0.358 e. The molecule has 204 valence electrons. The molecule has 4 rings (SSSR count). The molecule has 0 spiro atoms. The van der Waals surface area contributed by atoms with E-state index in [1.807, 2.05) is 44.3 Å². The highest BCUT2D eigenvalue weighted by Crippen LogP contribution is 2.33. The highest BCUT2D eigenvalue weighted by molar-refractivity contribution is 5.98. The van der Waals surface area contributed by atoms with Crippen LogP contribution >= 0.6 is 0 Å². The number of nitrogens with one attached hydrogen (secondary N) is 1. The lowest BCUT2D eigenvalue weighted by Crippen LogP contribution is -2.50. The maximum atomic E-state index is 13.9. The predicted molar refractivity (Wildman–Crippen MR) is 143 cm³/mol. The molecule has 1 aromatic carbocycles. The molecule has 0 radical (unpaired) electrons. The number of carboxylic acids is 1. The molecule has 0 unspecified atom stereocenters. The second-order valence-electron chi connectivity index (χ2n) is 10.9. The molecule has 1 saturated carbocycles. The zero-order valence-corrected chi connectivity index (χ0v) is 22.4. The topological polar surface area (TPSA) is 143 Å². The average Bonchev–Trinajstić information content (AvgIpc) is 3.47. The maximum Gasteiger partial charge on any atom is 0.358 e. The van der Waals surface area contributed by atoms with Gasteiger partial charge in [-0.25, -0.2) is 9.78 Å². The Kier molecular flexibility index (Phi) is 8.66. The number of H-pyrrole nitrogens is 1. The van der Waals surface area contributed by atoms with Crippen LogP contribution in [0.5, 0.6) is 0 Å². The van der Waals surface area contributed by atoms with Crippen molar-refractivity contribution < 1.29 is 23.9 Å². The van der Waals surface area contributed by atoms with E-state index in [-0.39, 0.29) is 47.9 Å². The van der Waals surface area contributed by atoms with E-state index in [1.54, 1.807) is 0 Å². The molecular formula is C29H38N4O5. The van der Waals surface area contributed by atoms with Crippen LogP contribution in [0.1, 0.15) is 92.5 Å². The summed E-state index contributed by atoms with van der Waals surface area (Å²) < 4.78 is 5.84. The molecule has 2 aromatic heterocycles. The van der Waals surface area contributed by atoms with Crippen molar-refractivity contribution in [3.05, 3.63) is 53.4 Å². The van der Waals surface area contributed by atoms with Crippen LogP contribution in [-0.2, 0) is 16.0 Å². The summed E-state index contributed by atoms with van der Waals surface area (Å²) in [6.45, 7) is 5.46. The molecule has 1 aliphatic carbocycles. The Balaban J connectivity index is 1.78. The fourth-order valence-electron chi connectivity index (χ4n) is 5.53. The molecule has 2 amide bonds. The van der Waals surface area contributed by atoms with Crippen LogP contribution in [0.4, 0.5) is 0 Å². The minimum absolute atomic E-state index is 0.0206. The Bertz CT molecular complexity index is 1290. The molecular weight excluding hydrogens is 484 g/mol. The van der Waals surface area contributed by atoms with Gasteiger partial charge in [-0.2, -0.15) is 0 Å². The van der Waals surface area contributed by atoms with Gasteiger partial charge in [0.1, 0.15) is 11.8 Å². The highest BCUT2D eigenvalue weighted by Gasteiger charge is 2.39. The molecule has 1 aliphatic rings. The van der Waals surface area contributed by atoms with E-state index in [2.05, 4.69) is 9.97 Å². The van der Waals surface area contributed by atoms with Crippen molar-refractivity contribution in [1.82, 2.24) is 14.9 Å². The van der Waals surface area contributed by atoms with Gasteiger partial charge in [0, 0.05) is 29.9 Å². The lowest BCUT2D eigenvalue weighted by atomic mass is 9.86. The minimum atomic E-state index is -1.23. The predicted octanol–water partition coefficient (Wildman–Crippen LogP) is 5.15. The van der Waals surface area contributed by atoms with E-state index in [0.29, 0.717) is 6.42 Å². The number of carboxylic acid groups (broad SMARTS) is 1. The number of rotatable bonds is 10. The van der Waals surface area contributed by atoms with Crippen LogP contribution in [0, 0.1) is 18.8 Å². The molecule has 1 fully saturated rings. The lowest BCUT2D eigenvalue weighted by Gasteiger charge is -2.32. The first-order valence-corrected chi connectivity index (χ1v) is 13.5. The van der Waals surface area contributed by atoms with E-state index < -0.39 is 24.0 Å². The SMILES string of the molecule is Cc1oc([C@@H](Cc2c[nH]c3ccccc23)N(C(=O)CC2CCCCC2)C(=O)[C@@H](N)CC(C)C)nc1C(=O)O. The molecule has 9 heteroatoms. The summed E-state index contributed by atoms with van der Waals surface area (Å²) in [5.74, 6) is -1.55. The zero-order chi connectivity index (χ0) is 27.4. The van der Waals surface area contributed by atoms with Crippen molar-refractivity contribution in [2.24, 2.45) is 17.6 Å². The summed E-state index contributed by atoms with van der Waals surface area (Å²) in [4.78, 5) is 48.3. The number of fused-ring (bicyclic) bond motifs is 1. The van der Waals surface area contributed by atoms with Gasteiger partial charge in [-0.15, -0.1) is 0 Å². The number of aromatic carboxylic acids is 1. The summed E-state index contributed by atoms with van der Waals surface area (Å²) in [6, 6.07) is 5.92. The summed E-state index contributed by atoms with van der Waals surface area (Å²) in [5, 5.41) is 10.6. The van der Waals surface area contributed by atoms with Gasteiger partial charge in [-0.05, 0) is 49.7 Å². The van der Waals surface area contributed by atoms with Gasteiger partial charge in [0.05, 0.1) is 6.04 Å². The number of oxazole rings is 1. The van der Waals surface area contributed by atoms with Gasteiger partial charge in [-0.3, -0.25) is 14.5 Å². The third-order valence-corrected chi connectivity index (χ3v) is 7.44. The van der Waals surface area contributed by atoms with Gasteiger partial charge in [0.2, 0.25) is 17.7 Å². The number of carbonyl (C=O) groups is 3. The van der Waals surface area contributed by atoms with Gasteiger partial charge in [0.15, 0.2) is 5.69 Å². The fraction of sp³-hybridized carbons (Fsp3) is 0.517. The molecule has 2 heterocycles. The largest absolute Gasteiger partial charge is 0.476 e. The molecule has 4 N–H and O–H groups in total. The van der Waals surface area contributed by atoms with Crippen molar-refractivity contribution >= 4 is 28.7 Å². The van der Waals surface area contributed by atoms with E-state index in [4.69, 9.17) is 10.2 Å². The quantitative estimate of drug-likeness (QED) is 0.334. The standard InChI is InChI=1S/C29H38N4O5/c1-17(2)13-22(30)28(35)33(25(34)14-19-9-5-4-6-10-19)24(27-32-26(29(36)37)18(3)38-27)15-20-16-31-23-12-8-7-11-21(20)23/h7-8,11-12,16-17,19,22,24,31H,4-6,9-10,13-15,30H2,1-3H3,(H,36,37)/t22-,24+/m0/s1. The number of amides is 2. The number of hydrogen-bond donors (Lipinski definition) is 3. The van der Waals surface area contributed by atoms with Gasteiger partial charge < -0.3 is 20.2 Å². The molecule has 9 nitrogen and oxygen atoms in total. The minimum Gasteiger partial charge on any atom is -0.476 e.